The van der Waals surface area contributed by atoms with Crippen LogP contribution in [0.3, 0.4) is 0 Å². The van der Waals surface area contributed by atoms with Gasteiger partial charge in [-0.25, -0.2) is 9.36 Å². The van der Waals surface area contributed by atoms with Gasteiger partial charge in [-0.1, -0.05) is 55.3 Å². The molecule has 16 heteroatoms. The first-order valence-corrected chi connectivity index (χ1v) is 22.4. The summed E-state index contributed by atoms with van der Waals surface area (Å²) in [6.45, 7) is 8.59. The van der Waals surface area contributed by atoms with E-state index in [0.717, 1.165) is 50.8 Å². The van der Waals surface area contributed by atoms with Crippen LogP contribution in [-0.2, 0) is 49.6 Å². The van der Waals surface area contributed by atoms with Crippen LogP contribution in [0, 0.1) is 0 Å². The van der Waals surface area contributed by atoms with Crippen molar-refractivity contribution in [1.29, 1.82) is 0 Å². The zero-order chi connectivity index (χ0) is 44.0. The van der Waals surface area contributed by atoms with Crippen LogP contribution in [-0.4, -0.2) is 114 Å². The largest absolute Gasteiger partial charge is 0.494 e. The Morgan fingerprint density at radius 3 is 1.60 bits per heavy atom. The minimum Gasteiger partial charge on any atom is -0.494 e. The van der Waals surface area contributed by atoms with Crippen LogP contribution in [0.4, 0.5) is 11.9 Å². The Morgan fingerprint density at radius 2 is 1.13 bits per heavy atom. The highest BCUT2D eigenvalue weighted by Crippen LogP contribution is 2.33. The van der Waals surface area contributed by atoms with Gasteiger partial charge in [-0.05, 0) is 117 Å². The lowest BCUT2D eigenvalue weighted by atomic mass is 9.89. The number of piperidine rings is 2. The molecule has 0 unspecified atom stereocenters. The third-order valence-corrected chi connectivity index (χ3v) is 11.5. The summed E-state index contributed by atoms with van der Waals surface area (Å²) in [6, 6.07) is 21.6. The number of ether oxygens (including phenoxy) is 2. The molecule has 2 aromatic heterocycles. The zero-order valence-electron chi connectivity index (χ0n) is 36.7. The van der Waals surface area contributed by atoms with Crippen molar-refractivity contribution in [2.24, 2.45) is 14.1 Å². The summed E-state index contributed by atoms with van der Waals surface area (Å²) in [5, 5.41) is 35.9. The highest BCUT2D eigenvalue weighted by molar-refractivity contribution is 5.72. The van der Waals surface area contributed by atoms with Gasteiger partial charge in [0.1, 0.15) is 17.4 Å². The smallest absolute Gasteiger partial charge is 0.307 e. The quantitative estimate of drug-likeness (QED) is 0.0552. The van der Waals surface area contributed by atoms with Gasteiger partial charge in [-0.15, -0.1) is 0 Å². The average Bonchev–Trinajstić information content (AvgIpc) is 3.82. The third kappa shape index (κ3) is 13.3. The number of benzene rings is 3. The fraction of sp³-hybridized carbons (Fsp3) is 0.489. The van der Waals surface area contributed by atoms with Gasteiger partial charge in [0.2, 0.25) is 11.9 Å². The molecule has 5 aromatic rings. The molecule has 7 rings (SSSR count). The van der Waals surface area contributed by atoms with Crippen LogP contribution in [0.2, 0.25) is 0 Å². The summed E-state index contributed by atoms with van der Waals surface area (Å²) >= 11 is 0. The SMILES string of the molecule is Cn1nc(C(c2nc(NCCCOc3cccc(CN4CCCCC4)c3)n(C)n2)c2cc(CC(=O)O)ccc2CC(=O)O)nc1NCCCOc1cccc(CN2CCCCC2)c1. The maximum Gasteiger partial charge on any atom is 0.307 e. The Bertz CT molecular complexity index is 2150. The number of nitrogens with zero attached hydrogens (tertiary/aromatic N) is 8. The van der Waals surface area contributed by atoms with E-state index in [1.165, 1.54) is 49.7 Å². The molecule has 0 saturated carbocycles. The molecule has 2 aliphatic heterocycles. The van der Waals surface area contributed by atoms with Crippen LogP contribution in [0.25, 0.3) is 0 Å². The van der Waals surface area contributed by atoms with Crippen LogP contribution >= 0.6 is 0 Å². The summed E-state index contributed by atoms with van der Waals surface area (Å²) < 4.78 is 15.5. The van der Waals surface area contributed by atoms with Crippen molar-refractivity contribution in [3.05, 3.63) is 106 Å². The summed E-state index contributed by atoms with van der Waals surface area (Å²) in [5.74, 6) is 0.560. The van der Waals surface area contributed by atoms with Gasteiger partial charge in [0, 0.05) is 40.3 Å². The van der Waals surface area contributed by atoms with Crippen molar-refractivity contribution in [1.82, 2.24) is 39.3 Å². The van der Waals surface area contributed by atoms with Crippen LogP contribution in [0.15, 0.2) is 66.7 Å². The first-order valence-electron chi connectivity index (χ1n) is 22.4. The van der Waals surface area contributed by atoms with Crippen molar-refractivity contribution in [3.63, 3.8) is 0 Å². The molecule has 3 aromatic carbocycles. The fourth-order valence-electron chi connectivity index (χ4n) is 8.42. The lowest BCUT2D eigenvalue weighted by molar-refractivity contribution is -0.137. The first-order chi connectivity index (χ1) is 30.7. The molecular formula is C47H62N10O6. The number of nitrogens with one attached hydrogen (secondary N) is 2. The molecule has 336 valence electrons. The maximum atomic E-state index is 12.1. The van der Waals surface area contributed by atoms with E-state index in [1.807, 2.05) is 24.3 Å². The van der Waals surface area contributed by atoms with E-state index < -0.39 is 17.9 Å². The number of carboxylic acid groups (broad SMARTS) is 2. The van der Waals surface area contributed by atoms with E-state index in [2.05, 4.69) is 44.7 Å². The van der Waals surface area contributed by atoms with E-state index in [-0.39, 0.29) is 12.8 Å². The Labute approximate surface area is 369 Å². The molecule has 0 spiro atoms. The Balaban J connectivity index is 1.01. The fourth-order valence-corrected chi connectivity index (χ4v) is 8.42. The van der Waals surface area contributed by atoms with Crippen LogP contribution in [0.1, 0.15) is 96.8 Å². The number of aliphatic carboxylic acids is 2. The monoisotopic (exact) mass is 862 g/mol. The second-order valence-corrected chi connectivity index (χ2v) is 16.7. The number of carboxylic acids is 2. The van der Waals surface area contributed by atoms with Gasteiger partial charge in [0.25, 0.3) is 0 Å². The number of aromatic nitrogens is 6. The Morgan fingerprint density at radius 1 is 0.635 bits per heavy atom. The zero-order valence-corrected chi connectivity index (χ0v) is 36.7. The van der Waals surface area contributed by atoms with Gasteiger partial charge in [-0.2, -0.15) is 20.2 Å². The molecule has 16 nitrogen and oxygen atoms in total. The van der Waals surface area contributed by atoms with Crippen LogP contribution in [0.5, 0.6) is 11.5 Å². The lowest BCUT2D eigenvalue weighted by Gasteiger charge is -2.26. The molecule has 0 amide bonds. The molecule has 2 aliphatic rings. The topological polar surface area (TPSA) is 185 Å². The van der Waals surface area contributed by atoms with E-state index in [0.29, 0.717) is 79.4 Å². The van der Waals surface area contributed by atoms with E-state index in [9.17, 15) is 19.8 Å². The van der Waals surface area contributed by atoms with Crippen molar-refractivity contribution >= 4 is 23.8 Å². The molecule has 2 fully saturated rings. The number of carbonyl (C=O) groups is 2. The lowest BCUT2D eigenvalue weighted by Crippen LogP contribution is -2.29. The van der Waals surface area contributed by atoms with E-state index in [1.54, 1.807) is 41.7 Å². The first kappa shape index (κ1) is 45.0. The molecule has 4 heterocycles. The standard InChI is InChI=1S/C47H62N10O6/c1-54-46(48-19-11-25-62-38-15-9-13-35(27-38)32-56-21-5-3-6-22-56)50-44(52-54)43(40-29-34(30-41(58)59)17-18-37(40)31-42(60)61)45-51-47(55(2)53-45)49-20-12-26-63-39-16-10-14-36(28-39)33-57-23-7-4-8-24-57/h9-10,13-18,27-29,43H,3-8,11-12,19-26,30-33H2,1-2H3,(H,58,59)(H,60,61)(H,48,50,52)(H,49,51,53). The number of aryl methyl sites for hydroxylation is 2. The molecular weight excluding hydrogens is 801 g/mol. The third-order valence-electron chi connectivity index (χ3n) is 11.5. The van der Waals surface area contributed by atoms with E-state index >= 15 is 0 Å². The Kier molecular flexibility index (Phi) is 16.0. The molecule has 0 atom stereocenters. The van der Waals surface area contributed by atoms with Gasteiger partial charge in [0.05, 0.1) is 26.1 Å². The molecule has 2 saturated heterocycles. The highest BCUT2D eigenvalue weighted by Gasteiger charge is 2.30. The molecule has 0 radical (unpaired) electrons. The number of hydrogen-bond donors (Lipinski definition) is 4. The average molecular weight is 863 g/mol. The second kappa shape index (κ2) is 22.4. The predicted molar refractivity (Wildman–Crippen MR) is 240 cm³/mol. The van der Waals surface area contributed by atoms with Crippen molar-refractivity contribution in [2.75, 3.05) is 63.1 Å². The highest BCUT2D eigenvalue weighted by atomic mass is 16.5. The number of rotatable bonds is 23. The molecule has 4 N–H and O–H groups in total. The number of hydrogen-bond acceptors (Lipinski definition) is 12. The molecule has 0 bridgehead atoms. The second-order valence-electron chi connectivity index (χ2n) is 16.7. The predicted octanol–water partition coefficient (Wildman–Crippen LogP) is 6.11. The minimum atomic E-state index is -1.03. The van der Waals surface area contributed by atoms with Gasteiger partial charge >= 0.3 is 11.9 Å². The van der Waals surface area contributed by atoms with Crippen LogP contribution < -0.4 is 20.1 Å². The summed E-state index contributed by atoms with van der Waals surface area (Å²) in [7, 11) is 3.57. The Hall–Kier alpha value is -6.00. The summed E-state index contributed by atoms with van der Waals surface area (Å²) in [4.78, 5) is 38.7. The summed E-state index contributed by atoms with van der Waals surface area (Å²) in [5.41, 5.74) is 4.03. The number of likely N-dealkylation sites (tertiary alicyclic amines) is 2. The molecule has 63 heavy (non-hydrogen) atoms. The van der Waals surface area contributed by atoms with E-state index in [4.69, 9.17) is 29.6 Å². The maximum absolute atomic E-state index is 12.1. The summed E-state index contributed by atoms with van der Waals surface area (Å²) in [6.07, 6.45) is 8.53. The molecule has 0 aliphatic carbocycles. The van der Waals surface area contributed by atoms with Gasteiger partial charge in [-0.3, -0.25) is 19.4 Å². The normalized spacial score (nSPS) is 14.8. The number of anilines is 2. The van der Waals surface area contributed by atoms with Crippen molar-refractivity contribution in [2.45, 2.75) is 83.2 Å². The van der Waals surface area contributed by atoms with Gasteiger partial charge < -0.3 is 30.3 Å². The van der Waals surface area contributed by atoms with Crippen molar-refractivity contribution < 1.29 is 29.3 Å². The van der Waals surface area contributed by atoms with Gasteiger partial charge in [0.15, 0.2) is 11.6 Å². The minimum absolute atomic E-state index is 0.242. The van der Waals surface area contributed by atoms with Crippen molar-refractivity contribution in [3.8, 4) is 11.5 Å².